The molecule has 0 spiro atoms. The predicted molar refractivity (Wildman–Crippen MR) is 117 cm³/mol. The molecular weight excluding hydrogens is 436 g/mol. The number of hydrogen-bond acceptors (Lipinski definition) is 5. The summed E-state index contributed by atoms with van der Waals surface area (Å²) in [7, 11) is 0. The fraction of sp³-hybridized carbons (Fsp3) is 0.391. The van der Waals surface area contributed by atoms with Crippen molar-refractivity contribution >= 4 is 17.3 Å². The minimum absolute atomic E-state index is 0.00960. The number of benzene rings is 2. The lowest BCUT2D eigenvalue weighted by Gasteiger charge is -2.46. The van der Waals surface area contributed by atoms with Gasteiger partial charge in [0, 0.05) is 62.5 Å². The molecule has 1 saturated carbocycles. The van der Waals surface area contributed by atoms with Gasteiger partial charge in [0.1, 0.15) is 18.0 Å². The molecule has 1 saturated heterocycles. The Morgan fingerprint density at radius 3 is 2.27 bits per heavy atom. The summed E-state index contributed by atoms with van der Waals surface area (Å²) in [5.74, 6) is -3.58. The molecule has 6 nitrogen and oxygen atoms in total. The number of rotatable bonds is 5. The van der Waals surface area contributed by atoms with Gasteiger partial charge in [-0.05, 0) is 42.8 Å². The number of aryl methyl sites for hydroxylation is 1. The van der Waals surface area contributed by atoms with E-state index in [9.17, 15) is 17.6 Å². The van der Waals surface area contributed by atoms with Gasteiger partial charge in [0.05, 0.1) is 5.69 Å². The van der Waals surface area contributed by atoms with Crippen molar-refractivity contribution in [2.75, 3.05) is 36.4 Å². The topological polar surface area (TPSA) is 49.2 Å². The van der Waals surface area contributed by atoms with Gasteiger partial charge < -0.3 is 10.2 Å². The number of piperazine rings is 1. The fourth-order valence-electron chi connectivity index (χ4n) is 4.50. The third-order valence-corrected chi connectivity index (χ3v) is 6.19. The van der Waals surface area contributed by atoms with Gasteiger partial charge in [0.25, 0.3) is 5.92 Å². The molecule has 33 heavy (non-hydrogen) atoms. The van der Waals surface area contributed by atoms with Crippen LogP contribution in [0.1, 0.15) is 18.4 Å². The lowest BCUT2D eigenvalue weighted by molar-refractivity contribution is -0.124. The SMILES string of the molecule is Cc1cc(Nc2ncn(-c3cc(F)cc(F)c3)n2)cc(N2CCN(C3CC(F)(F)C3)CC2)c1. The van der Waals surface area contributed by atoms with Gasteiger partial charge in [-0.1, -0.05) is 0 Å². The summed E-state index contributed by atoms with van der Waals surface area (Å²) in [4.78, 5) is 8.59. The largest absolute Gasteiger partial charge is 0.369 e. The van der Waals surface area contributed by atoms with Crippen molar-refractivity contribution in [3.63, 3.8) is 0 Å². The van der Waals surface area contributed by atoms with Crippen LogP contribution in [0.25, 0.3) is 5.69 Å². The Hall–Kier alpha value is -3.14. The molecular formula is C23H24F4N6. The molecule has 0 atom stereocenters. The fourth-order valence-corrected chi connectivity index (χ4v) is 4.50. The van der Waals surface area contributed by atoms with Crippen molar-refractivity contribution in [3.05, 3.63) is 59.9 Å². The Morgan fingerprint density at radius 2 is 1.61 bits per heavy atom. The van der Waals surface area contributed by atoms with Gasteiger partial charge in [-0.25, -0.2) is 22.2 Å². The van der Waals surface area contributed by atoms with E-state index in [0.717, 1.165) is 49.2 Å². The van der Waals surface area contributed by atoms with Crippen molar-refractivity contribution in [3.8, 4) is 5.69 Å². The number of halogens is 4. The van der Waals surface area contributed by atoms with E-state index in [-0.39, 0.29) is 24.6 Å². The first-order chi connectivity index (χ1) is 15.7. The molecule has 0 radical (unpaired) electrons. The van der Waals surface area contributed by atoms with Crippen LogP contribution >= 0.6 is 0 Å². The number of alkyl halides is 2. The summed E-state index contributed by atoms with van der Waals surface area (Å²) in [6, 6.07) is 9.17. The smallest absolute Gasteiger partial charge is 0.251 e. The predicted octanol–water partition coefficient (Wildman–Crippen LogP) is 4.52. The Labute approximate surface area is 188 Å². The quantitative estimate of drug-likeness (QED) is 0.568. The van der Waals surface area contributed by atoms with Gasteiger partial charge in [-0.15, -0.1) is 5.10 Å². The van der Waals surface area contributed by atoms with Gasteiger partial charge in [-0.3, -0.25) is 4.90 Å². The van der Waals surface area contributed by atoms with Crippen LogP contribution in [0.4, 0.5) is 34.9 Å². The molecule has 2 aromatic carbocycles. The summed E-state index contributed by atoms with van der Waals surface area (Å²) in [5, 5.41) is 7.41. The highest BCUT2D eigenvalue weighted by Gasteiger charge is 2.48. The summed E-state index contributed by atoms with van der Waals surface area (Å²) < 4.78 is 54.7. The average molecular weight is 460 g/mol. The van der Waals surface area contributed by atoms with Crippen LogP contribution in [-0.4, -0.2) is 57.8 Å². The third kappa shape index (κ3) is 4.80. The Bertz CT molecular complexity index is 1130. The van der Waals surface area contributed by atoms with Crippen molar-refractivity contribution in [1.29, 1.82) is 0 Å². The highest BCUT2D eigenvalue weighted by molar-refractivity contribution is 5.64. The van der Waals surface area contributed by atoms with Gasteiger partial charge in [0.15, 0.2) is 0 Å². The van der Waals surface area contributed by atoms with Crippen LogP contribution in [0.2, 0.25) is 0 Å². The molecule has 5 rings (SSSR count). The molecule has 10 heteroatoms. The molecule has 1 aromatic heterocycles. The summed E-state index contributed by atoms with van der Waals surface area (Å²) in [6.45, 7) is 5.04. The highest BCUT2D eigenvalue weighted by atomic mass is 19.3. The zero-order chi connectivity index (χ0) is 23.2. The zero-order valence-electron chi connectivity index (χ0n) is 18.1. The van der Waals surface area contributed by atoms with Crippen LogP contribution < -0.4 is 10.2 Å². The Balaban J connectivity index is 1.26. The van der Waals surface area contributed by atoms with E-state index >= 15 is 0 Å². The molecule has 1 aliphatic carbocycles. The third-order valence-electron chi connectivity index (χ3n) is 6.19. The second kappa shape index (κ2) is 8.33. The molecule has 3 aromatic rings. The molecule has 2 fully saturated rings. The number of aromatic nitrogens is 3. The summed E-state index contributed by atoms with van der Waals surface area (Å²) in [5.41, 5.74) is 3.10. The van der Waals surface area contributed by atoms with E-state index in [1.54, 1.807) is 0 Å². The van der Waals surface area contributed by atoms with E-state index in [2.05, 4.69) is 31.3 Å². The standard InChI is InChI=1S/C23H24F4N6/c1-15-6-18(29-22-28-14-33(30-22)20-9-16(24)8-17(25)10-20)11-19(7-15)31-2-4-32(5-3-31)21-12-23(26,27)13-21/h6-11,14,21H,2-5,12-13H2,1H3,(H,29,30). The van der Waals surface area contributed by atoms with E-state index in [0.29, 0.717) is 5.95 Å². The van der Waals surface area contributed by atoms with Crippen LogP contribution in [0.15, 0.2) is 42.7 Å². The van der Waals surface area contributed by atoms with Crippen molar-refractivity contribution in [2.24, 2.45) is 0 Å². The number of nitrogens with one attached hydrogen (secondary N) is 1. The van der Waals surface area contributed by atoms with Crippen LogP contribution in [0.3, 0.4) is 0 Å². The lowest BCUT2D eigenvalue weighted by Crippen LogP contribution is -2.57. The summed E-state index contributed by atoms with van der Waals surface area (Å²) in [6.07, 6.45) is 1.32. The van der Waals surface area contributed by atoms with Gasteiger partial charge in [0.2, 0.25) is 5.95 Å². The highest BCUT2D eigenvalue weighted by Crippen LogP contribution is 2.40. The molecule has 0 bridgehead atoms. The molecule has 0 unspecified atom stereocenters. The monoisotopic (exact) mass is 460 g/mol. The molecule has 2 aliphatic rings. The first kappa shape index (κ1) is 21.7. The molecule has 2 heterocycles. The minimum Gasteiger partial charge on any atom is -0.369 e. The maximum atomic E-state index is 13.5. The average Bonchev–Trinajstić information content (AvgIpc) is 3.19. The van der Waals surface area contributed by atoms with E-state index < -0.39 is 17.6 Å². The van der Waals surface area contributed by atoms with Crippen LogP contribution in [0, 0.1) is 18.6 Å². The summed E-state index contributed by atoms with van der Waals surface area (Å²) >= 11 is 0. The Kier molecular flexibility index (Phi) is 5.48. The van der Waals surface area contributed by atoms with Crippen LogP contribution in [-0.2, 0) is 0 Å². The number of anilines is 3. The molecule has 0 amide bonds. The van der Waals surface area contributed by atoms with Crippen LogP contribution in [0.5, 0.6) is 0 Å². The second-order valence-corrected chi connectivity index (χ2v) is 8.76. The second-order valence-electron chi connectivity index (χ2n) is 8.76. The van der Waals surface area contributed by atoms with Gasteiger partial charge in [-0.2, -0.15) is 4.98 Å². The van der Waals surface area contributed by atoms with E-state index in [1.807, 2.05) is 19.1 Å². The number of nitrogens with zero attached hydrogens (tertiary/aromatic N) is 5. The lowest BCUT2D eigenvalue weighted by atomic mass is 9.86. The van der Waals surface area contributed by atoms with Gasteiger partial charge >= 0.3 is 0 Å². The molecule has 1 N–H and O–H groups in total. The maximum Gasteiger partial charge on any atom is 0.251 e. The zero-order valence-corrected chi connectivity index (χ0v) is 18.1. The van der Waals surface area contributed by atoms with Crippen molar-refractivity contribution in [2.45, 2.75) is 31.7 Å². The first-order valence-corrected chi connectivity index (χ1v) is 10.9. The molecule has 1 aliphatic heterocycles. The van der Waals surface area contributed by atoms with Crippen molar-refractivity contribution in [1.82, 2.24) is 19.7 Å². The first-order valence-electron chi connectivity index (χ1n) is 10.9. The minimum atomic E-state index is -2.50. The Morgan fingerprint density at radius 1 is 0.909 bits per heavy atom. The normalized spacial score (nSPS) is 18.9. The van der Waals surface area contributed by atoms with E-state index in [1.165, 1.54) is 23.1 Å². The van der Waals surface area contributed by atoms with E-state index in [4.69, 9.17) is 0 Å². The number of hydrogen-bond donors (Lipinski definition) is 1. The van der Waals surface area contributed by atoms with Crippen molar-refractivity contribution < 1.29 is 17.6 Å². The molecule has 174 valence electrons. The maximum absolute atomic E-state index is 13.5.